The number of hydrogen-bond acceptors (Lipinski definition) is 12. The van der Waals surface area contributed by atoms with Crippen molar-refractivity contribution in [3.63, 3.8) is 0 Å². The average Bonchev–Trinajstić information content (AvgIpc) is 3.73. The van der Waals surface area contributed by atoms with Crippen molar-refractivity contribution in [2.24, 2.45) is 11.8 Å². The maximum atomic E-state index is 14.8. The molecule has 68 heavy (non-hydrogen) atoms. The third-order valence-electron chi connectivity index (χ3n) is 12.6. The molecule has 1 fully saturated rings. The zero-order chi connectivity index (χ0) is 50.6. The number of nitrogens with zero attached hydrogens (tertiary/aromatic N) is 2. The summed E-state index contributed by atoms with van der Waals surface area (Å²) in [6.07, 6.45) is -0.916. The maximum absolute atomic E-state index is 14.8. The van der Waals surface area contributed by atoms with Gasteiger partial charge in [-0.2, -0.15) is 0 Å². The lowest BCUT2D eigenvalue weighted by Crippen LogP contribution is -2.62. The summed E-state index contributed by atoms with van der Waals surface area (Å²) in [6, 6.07) is 2.06. The Balaban J connectivity index is 1.93. The molecule has 0 spiro atoms. The Morgan fingerprint density at radius 3 is 2.07 bits per heavy atom. The Kier molecular flexibility index (Phi) is 19.3. The molecule has 10 atom stereocenters. The number of nitrogens with one attached hydrogen (secondary N) is 6. The van der Waals surface area contributed by atoms with Gasteiger partial charge in [0.05, 0.1) is 20.3 Å². The predicted molar refractivity (Wildman–Crippen MR) is 251 cm³/mol. The summed E-state index contributed by atoms with van der Waals surface area (Å²) in [5, 5.41) is 25.1. The van der Waals surface area contributed by atoms with Crippen molar-refractivity contribution < 1.29 is 57.7 Å². The summed E-state index contributed by atoms with van der Waals surface area (Å²) < 4.78 is 16.8. The van der Waals surface area contributed by atoms with Crippen LogP contribution in [0.1, 0.15) is 72.4 Å². The highest BCUT2D eigenvalue weighted by Gasteiger charge is 2.42. The molecule has 3 aromatic rings. The Bertz CT molecular complexity index is 2270. The number of hydrogen-bond donors (Lipinski definition) is 7. The fraction of sp³-hybridized carbons (Fsp3) is 0.542. The Hall–Kier alpha value is -6.70. The monoisotopic (exact) mass is 948 g/mol. The Morgan fingerprint density at radius 2 is 1.49 bits per heavy atom. The van der Waals surface area contributed by atoms with Crippen molar-refractivity contribution in [1.82, 2.24) is 41.4 Å². The van der Waals surface area contributed by atoms with Crippen LogP contribution < -0.4 is 36.1 Å². The van der Waals surface area contributed by atoms with Crippen molar-refractivity contribution in [2.75, 3.05) is 28.3 Å². The quantitative estimate of drug-likeness (QED) is 0.0835. The van der Waals surface area contributed by atoms with Crippen molar-refractivity contribution >= 4 is 58.7 Å². The minimum atomic E-state index is -1.72. The van der Waals surface area contributed by atoms with Crippen LogP contribution in [-0.2, 0) is 55.9 Å². The number of cyclic esters (lactones) is 1. The number of H-pyrrole nitrogens is 1. The first-order chi connectivity index (χ1) is 32.2. The van der Waals surface area contributed by atoms with E-state index in [4.69, 9.17) is 14.2 Å². The van der Waals surface area contributed by atoms with Crippen LogP contribution in [0, 0.1) is 11.8 Å². The number of fused-ring (bicyclic) bond motifs is 1. The van der Waals surface area contributed by atoms with Gasteiger partial charge in [0.1, 0.15) is 59.9 Å². The van der Waals surface area contributed by atoms with E-state index in [0.717, 1.165) is 4.90 Å². The van der Waals surface area contributed by atoms with Gasteiger partial charge in [0.15, 0.2) is 0 Å². The minimum Gasteiger partial charge on any atom is -0.497 e. The zero-order valence-corrected chi connectivity index (χ0v) is 40.7. The Morgan fingerprint density at radius 1 is 0.838 bits per heavy atom. The summed E-state index contributed by atoms with van der Waals surface area (Å²) in [4.78, 5) is 118. The summed E-state index contributed by atoms with van der Waals surface area (Å²) in [5.41, 5.74) is 1.79. The van der Waals surface area contributed by atoms with Gasteiger partial charge in [0.25, 0.3) is 0 Å². The molecule has 1 aliphatic heterocycles. The van der Waals surface area contributed by atoms with Crippen molar-refractivity contribution in [3.05, 3.63) is 59.8 Å². The normalized spacial score (nSPS) is 24.0. The topological polar surface area (TPSA) is 267 Å². The van der Waals surface area contributed by atoms with Gasteiger partial charge in [0.2, 0.25) is 41.9 Å². The van der Waals surface area contributed by atoms with E-state index in [1.54, 1.807) is 76.4 Å². The number of methoxy groups -OCH3 is 2. The smallest absolute Gasteiger partial charge is 0.329 e. The van der Waals surface area contributed by atoms with Gasteiger partial charge < -0.3 is 60.7 Å². The molecule has 20 nitrogen and oxygen atoms in total. The first-order valence-corrected chi connectivity index (χ1v) is 22.8. The average molecular weight is 949 g/mol. The number of rotatable bonds is 15. The summed E-state index contributed by atoms with van der Waals surface area (Å²) in [6.45, 7) is 11.2. The second-order valence-corrected chi connectivity index (χ2v) is 17.6. The van der Waals surface area contributed by atoms with Gasteiger partial charge in [-0.15, -0.1) is 0 Å². The zero-order valence-electron chi connectivity index (χ0n) is 40.7. The molecular formula is C48H68N8O12. The third-order valence-corrected chi connectivity index (χ3v) is 12.6. The van der Waals surface area contributed by atoms with Gasteiger partial charge in [-0.05, 0) is 73.6 Å². The molecule has 2 aromatic carbocycles. The minimum absolute atomic E-state index is 0.00470. The van der Waals surface area contributed by atoms with Gasteiger partial charge in [-0.3, -0.25) is 33.6 Å². The van der Waals surface area contributed by atoms with E-state index in [1.165, 1.54) is 47.1 Å². The molecule has 4 rings (SSSR count). The molecule has 20 heteroatoms. The van der Waals surface area contributed by atoms with E-state index < -0.39 is 108 Å². The first kappa shape index (κ1) is 53.9. The second kappa shape index (κ2) is 24.4. The maximum Gasteiger partial charge on any atom is 0.329 e. The molecule has 1 aliphatic rings. The number of carbonyl (C=O) groups is 8. The van der Waals surface area contributed by atoms with E-state index in [0.29, 0.717) is 46.4 Å². The largest absolute Gasteiger partial charge is 0.497 e. The van der Waals surface area contributed by atoms with E-state index in [-0.39, 0.29) is 19.3 Å². The molecule has 0 unspecified atom stereocenters. The number of esters is 1. The molecule has 0 bridgehead atoms. The molecule has 372 valence electrons. The lowest BCUT2D eigenvalue weighted by molar-refractivity contribution is -0.162. The van der Waals surface area contributed by atoms with Crippen LogP contribution in [0.5, 0.6) is 11.5 Å². The molecular weight excluding hydrogens is 881 g/mol. The summed E-state index contributed by atoms with van der Waals surface area (Å²) >= 11 is 0. The lowest BCUT2D eigenvalue weighted by atomic mass is 9.95. The highest BCUT2D eigenvalue weighted by Crippen LogP contribution is 2.27. The SMILES string of the molecule is CC[C@H](C)[C@@H]1C(=O)N[C@@H]([C@@H](O)CC)C(=O)N(C)[C@@H](Cc2c[nH]c3ccc(OC)cc23)C(=O)O[C@H](C)[C@H](NC(=O)[C@@H](NC=O)C(C)C)C(=O)N[C@H](Cc2ccc(OC)cc2)C(=O)N[C@H](C)C(=O)N1C. The molecule has 2 heterocycles. The molecule has 7 N–H and O–H groups in total. The number of benzene rings is 2. The van der Waals surface area contributed by atoms with E-state index >= 15 is 0 Å². The fourth-order valence-corrected chi connectivity index (χ4v) is 8.15. The lowest BCUT2D eigenvalue weighted by Gasteiger charge is -2.36. The number of ether oxygens (including phenoxy) is 3. The van der Waals surface area contributed by atoms with Crippen LogP contribution in [0.25, 0.3) is 10.9 Å². The van der Waals surface area contributed by atoms with Gasteiger partial charge in [-0.25, -0.2) is 4.79 Å². The fourth-order valence-electron chi connectivity index (χ4n) is 8.15. The third kappa shape index (κ3) is 13.0. The van der Waals surface area contributed by atoms with Gasteiger partial charge in [0, 0.05) is 44.0 Å². The molecule has 1 aromatic heterocycles. The van der Waals surface area contributed by atoms with E-state index in [9.17, 15) is 43.5 Å². The molecule has 7 amide bonds. The van der Waals surface area contributed by atoms with Crippen molar-refractivity contribution in [3.8, 4) is 11.5 Å². The number of aliphatic hydroxyl groups excluding tert-OH is 1. The number of carbonyl (C=O) groups excluding carboxylic acids is 8. The first-order valence-electron chi connectivity index (χ1n) is 22.8. The van der Waals surface area contributed by atoms with E-state index in [2.05, 4.69) is 31.6 Å². The van der Waals surface area contributed by atoms with Crippen LogP contribution in [0.15, 0.2) is 48.7 Å². The van der Waals surface area contributed by atoms with Crippen LogP contribution in [0.4, 0.5) is 0 Å². The summed E-state index contributed by atoms with van der Waals surface area (Å²) in [7, 11) is 5.69. The predicted octanol–water partition coefficient (Wildman–Crippen LogP) is 1.12. The second-order valence-electron chi connectivity index (χ2n) is 17.6. The molecule has 0 saturated carbocycles. The van der Waals surface area contributed by atoms with Crippen LogP contribution >= 0.6 is 0 Å². The Labute approximate surface area is 396 Å². The van der Waals surface area contributed by atoms with Crippen LogP contribution in [0.3, 0.4) is 0 Å². The van der Waals surface area contributed by atoms with Crippen LogP contribution in [0.2, 0.25) is 0 Å². The number of aromatic nitrogens is 1. The number of aliphatic hydroxyl groups is 1. The summed E-state index contributed by atoms with van der Waals surface area (Å²) in [5.74, 6) is -5.90. The molecule has 1 saturated heterocycles. The van der Waals surface area contributed by atoms with Gasteiger partial charge >= 0.3 is 5.97 Å². The molecule has 0 radical (unpaired) electrons. The number of aromatic amines is 1. The van der Waals surface area contributed by atoms with Crippen molar-refractivity contribution in [1.29, 1.82) is 0 Å². The number of amides is 7. The standard InChI is InChI=1S/C48H68N8O12/c1-12-26(5)41-45(62)54-40(37(58)13-2)47(64)55(8)36(21-30-23-49-34-19-18-32(67-11)22-33(30)34)48(65)68-28(7)39(53-43(60)38(25(3)4)50-24-57)44(61)52-35(20-29-14-16-31(66-10)17-15-29)42(59)51-27(6)46(63)56(41)9/h14-19,22-28,35-41,49,58H,12-13,20-21H2,1-11H3,(H,50,57)(H,51,59)(H,52,61)(H,53,60)(H,54,62)/t26-,27+,28+,35+,36-,37-,38-,39-,40-,41+/m0/s1. The van der Waals surface area contributed by atoms with Crippen LogP contribution in [-0.4, -0.2) is 151 Å². The highest BCUT2D eigenvalue weighted by molar-refractivity contribution is 5.98. The highest BCUT2D eigenvalue weighted by atomic mass is 16.5. The molecule has 0 aliphatic carbocycles. The van der Waals surface area contributed by atoms with Crippen molar-refractivity contribution in [2.45, 2.75) is 129 Å². The van der Waals surface area contributed by atoms with E-state index in [1.807, 2.05) is 6.92 Å². The van der Waals surface area contributed by atoms with Gasteiger partial charge in [-0.1, -0.05) is 53.2 Å². The number of likely N-dealkylation sites (N-methyl/N-ethyl adjacent to an activating group) is 2.